The summed E-state index contributed by atoms with van der Waals surface area (Å²) < 4.78 is 13.9. The first kappa shape index (κ1) is 15.1. The summed E-state index contributed by atoms with van der Waals surface area (Å²) in [4.78, 5) is 9.08. The molecular formula is C17H21FN4. The van der Waals surface area contributed by atoms with Crippen molar-refractivity contribution in [3.05, 3.63) is 47.7 Å². The van der Waals surface area contributed by atoms with Gasteiger partial charge in [0.05, 0.1) is 29.3 Å². The van der Waals surface area contributed by atoms with Gasteiger partial charge in [-0.15, -0.1) is 0 Å². The molecule has 2 aromatic rings. The van der Waals surface area contributed by atoms with Gasteiger partial charge in [-0.05, 0) is 45.4 Å². The monoisotopic (exact) mass is 300 g/mol. The van der Waals surface area contributed by atoms with Gasteiger partial charge in [0.1, 0.15) is 5.82 Å². The van der Waals surface area contributed by atoms with Crippen molar-refractivity contribution >= 4 is 0 Å². The van der Waals surface area contributed by atoms with Gasteiger partial charge in [-0.2, -0.15) is 0 Å². The fourth-order valence-corrected chi connectivity index (χ4v) is 2.97. The highest BCUT2D eigenvalue weighted by atomic mass is 19.1. The van der Waals surface area contributed by atoms with Crippen molar-refractivity contribution in [1.29, 1.82) is 0 Å². The van der Waals surface area contributed by atoms with Crippen molar-refractivity contribution in [2.24, 2.45) is 5.73 Å². The molecule has 2 heterocycles. The fraction of sp³-hybridized carbons (Fsp3) is 0.412. The van der Waals surface area contributed by atoms with Gasteiger partial charge < -0.3 is 11.1 Å². The third kappa shape index (κ3) is 3.00. The van der Waals surface area contributed by atoms with E-state index in [2.05, 4.69) is 22.2 Å². The Hall–Kier alpha value is -1.85. The van der Waals surface area contributed by atoms with Crippen LogP contribution >= 0.6 is 0 Å². The highest BCUT2D eigenvalue weighted by Gasteiger charge is 2.30. The van der Waals surface area contributed by atoms with Crippen molar-refractivity contribution in [3.63, 3.8) is 0 Å². The van der Waals surface area contributed by atoms with Crippen LogP contribution in [0, 0.1) is 12.7 Å². The predicted octanol–water partition coefficient (Wildman–Crippen LogP) is 2.73. The second-order valence-corrected chi connectivity index (χ2v) is 6.32. The smallest absolute Gasteiger partial charge is 0.132 e. The minimum Gasteiger partial charge on any atom is -0.325 e. The number of rotatable bonds is 2. The third-order valence-electron chi connectivity index (χ3n) is 4.21. The minimum atomic E-state index is -0.280. The van der Waals surface area contributed by atoms with Crippen molar-refractivity contribution in [2.75, 3.05) is 6.54 Å². The van der Waals surface area contributed by atoms with Crippen LogP contribution in [0.25, 0.3) is 11.3 Å². The summed E-state index contributed by atoms with van der Waals surface area (Å²) in [6.07, 6.45) is 3.50. The van der Waals surface area contributed by atoms with Crippen LogP contribution in [0.1, 0.15) is 37.2 Å². The summed E-state index contributed by atoms with van der Waals surface area (Å²) in [5, 5.41) is 3.43. The highest BCUT2D eigenvalue weighted by Crippen LogP contribution is 2.29. The molecule has 1 saturated heterocycles. The van der Waals surface area contributed by atoms with Gasteiger partial charge in [-0.3, -0.25) is 9.97 Å². The Balaban J connectivity index is 1.91. The molecular weight excluding hydrogens is 279 g/mol. The molecule has 1 aliphatic rings. The molecule has 0 aliphatic carbocycles. The van der Waals surface area contributed by atoms with Gasteiger partial charge in [0.2, 0.25) is 0 Å². The quantitative estimate of drug-likeness (QED) is 0.895. The van der Waals surface area contributed by atoms with E-state index >= 15 is 0 Å². The van der Waals surface area contributed by atoms with Crippen LogP contribution in [0.15, 0.2) is 30.5 Å². The molecule has 0 radical (unpaired) electrons. The van der Waals surface area contributed by atoms with Crippen molar-refractivity contribution < 1.29 is 4.39 Å². The molecule has 0 saturated carbocycles. The number of hydrogen-bond donors (Lipinski definition) is 2. The van der Waals surface area contributed by atoms with Crippen molar-refractivity contribution in [3.8, 4) is 11.3 Å². The fourth-order valence-electron chi connectivity index (χ4n) is 2.97. The maximum absolute atomic E-state index is 13.9. The van der Waals surface area contributed by atoms with Gasteiger partial charge in [0, 0.05) is 11.1 Å². The number of piperidine rings is 1. The largest absolute Gasteiger partial charge is 0.325 e. The predicted molar refractivity (Wildman–Crippen MR) is 84.7 cm³/mol. The summed E-state index contributed by atoms with van der Waals surface area (Å²) in [5.41, 5.74) is 8.74. The Morgan fingerprint density at radius 3 is 2.82 bits per heavy atom. The molecule has 1 aromatic carbocycles. The Morgan fingerprint density at radius 2 is 2.14 bits per heavy atom. The average molecular weight is 300 g/mol. The van der Waals surface area contributed by atoms with Gasteiger partial charge in [-0.25, -0.2) is 4.39 Å². The normalized spacial score (nSPS) is 25.2. The molecule has 116 valence electrons. The lowest BCUT2D eigenvalue weighted by Gasteiger charge is -2.35. The SMILES string of the molecule is Cc1nc(C2CC(C)(N)CCN2)cnc1-c1ccccc1F. The van der Waals surface area contributed by atoms with Crippen LogP contribution in [0.5, 0.6) is 0 Å². The second-order valence-electron chi connectivity index (χ2n) is 6.32. The Kier molecular flexibility index (Phi) is 3.93. The van der Waals surface area contributed by atoms with Crippen LogP contribution in [-0.4, -0.2) is 22.1 Å². The van der Waals surface area contributed by atoms with E-state index in [0.717, 1.165) is 30.8 Å². The Morgan fingerprint density at radius 1 is 1.36 bits per heavy atom. The molecule has 5 heteroatoms. The number of nitrogens with one attached hydrogen (secondary N) is 1. The maximum atomic E-state index is 13.9. The molecule has 1 aliphatic heterocycles. The second kappa shape index (κ2) is 5.74. The molecule has 2 atom stereocenters. The van der Waals surface area contributed by atoms with E-state index in [1.807, 2.05) is 6.92 Å². The molecule has 3 N–H and O–H groups in total. The van der Waals surface area contributed by atoms with E-state index in [1.54, 1.807) is 24.4 Å². The van der Waals surface area contributed by atoms with Gasteiger partial charge in [-0.1, -0.05) is 12.1 Å². The van der Waals surface area contributed by atoms with E-state index in [9.17, 15) is 4.39 Å². The van der Waals surface area contributed by atoms with Crippen LogP contribution in [0.3, 0.4) is 0 Å². The first-order valence-corrected chi connectivity index (χ1v) is 7.57. The Bertz CT molecular complexity index is 684. The summed E-state index contributed by atoms with van der Waals surface area (Å²) >= 11 is 0. The standard InChI is InChI=1S/C17H21FN4/c1-11-16(12-5-3-4-6-13(12)18)21-10-15(22-11)14-9-17(2,19)7-8-20-14/h3-6,10,14,20H,7-9,19H2,1-2H3. The number of nitrogens with two attached hydrogens (primary N) is 1. The lowest BCUT2D eigenvalue weighted by molar-refractivity contribution is 0.274. The molecule has 4 nitrogen and oxygen atoms in total. The van der Waals surface area contributed by atoms with Crippen molar-refractivity contribution in [1.82, 2.24) is 15.3 Å². The molecule has 0 bridgehead atoms. The minimum absolute atomic E-state index is 0.102. The van der Waals surface area contributed by atoms with Gasteiger partial charge in [0.15, 0.2) is 0 Å². The summed E-state index contributed by atoms with van der Waals surface area (Å²) in [6, 6.07) is 6.74. The number of benzene rings is 1. The molecule has 0 amide bonds. The molecule has 2 unspecified atom stereocenters. The number of nitrogens with zero attached hydrogens (tertiary/aromatic N) is 2. The summed E-state index contributed by atoms with van der Waals surface area (Å²) in [5.74, 6) is -0.280. The van der Waals surface area contributed by atoms with Crippen LogP contribution in [0.4, 0.5) is 4.39 Å². The van der Waals surface area contributed by atoms with E-state index in [0.29, 0.717) is 11.3 Å². The van der Waals surface area contributed by atoms with Gasteiger partial charge in [0.25, 0.3) is 0 Å². The molecule has 0 spiro atoms. The van der Waals surface area contributed by atoms with Crippen LogP contribution in [0.2, 0.25) is 0 Å². The van der Waals surface area contributed by atoms with Crippen LogP contribution < -0.4 is 11.1 Å². The average Bonchev–Trinajstić information content (AvgIpc) is 2.47. The zero-order valence-electron chi connectivity index (χ0n) is 12.9. The summed E-state index contributed by atoms with van der Waals surface area (Å²) in [6.45, 7) is 4.80. The summed E-state index contributed by atoms with van der Waals surface area (Å²) in [7, 11) is 0. The first-order valence-electron chi connectivity index (χ1n) is 7.57. The molecule has 1 aromatic heterocycles. The van der Waals surface area contributed by atoms with Crippen LogP contribution in [-0.2, 0) is 0 Å². The number of halogens is 1. The zero-order chi connectivity index (χ0) is 15.7. The molecule has 22 heavy (non-hydrogen) atoms. The number of aryl methyl sites for hydroxylation is 1. The third-order valence-corrected chi connectivity index (χ3v) is 4.21. The Labute approximate surface area is 130 Å². The van der Waals surface area contributed by atoms with Gasteiger partial charge >= 0.3 is 0 Å². The highest BCUT2D eigenvalue weighted by molar-refractivity contribution is 5.61. The number of aromatic nitrogens is 2. The molecule has 3 rings (SSSR count). The number of hydrogen-bond acceptors (Lipinski definition) is 4. The first-order chi connectivity index (χ1) is 10.5. The lowest BCUT2D eigenvalue weighted by atomic mass is 9.86. The zero-order valence-corrected chi connectivity index (χ0v) is 12.9. The lowest BCUT2D eigenvalue weighted by Crippen LogP contribution is -2.48. The van der Waals surface area contributed by atoms with Crippen molar-refractivity contribution in [2.45, 2.75) is 38.3 Å². The molecule has 1 fully saturated rings. The maximum Gasteiger partial charge on any atom is 0.132 e. The van der Waals surface area contributed by atoms with E-state index in [1.165, 1.54) is 6.07 Å². The van der Waals surface area contributed by atoms with E-state index in [4.69, 9.17) is 5.73 Å². The topological polar surface area (TPSA) is 63.8 Å². The van der Waals surface area contributed by atoms with E-state index < -0.39 is 0 Å². The van der Waals surface area contributed by atoms with E-state index in [-0.39, 0.29) is 17.4 Å².